The predicted octanol–water partition coefficient (Wildman–Crippen LogP) is 1.32. The Bertz CT molecular complexity index is 1120. The second-order valence-electron chi connectivity index (χ2n) is 13.1. The molecular weight excluding hydrogens is 534 g/mol. The summed E-state index contributed by atoms with van der Waals surface area (Å²) >= 11 is 0. The molecule has 11 atom stereocenters. The van der Waals surface area contributed by atoms with Crippen molar-refractivity contribution in [3.63, 3.8) is 0 Å². The number of methoxy groups -OCH3 is 2. The van der Waals surface area contributed by atoms with Crippen molar-refractivity contribution in [1.29, 1.82) is 0 Å². The van der Waals surface area contributed by atoms with Crippen molar-refractivity contribution < 1.29 is 48.3 Å². The van der Waals surface area contributed by atoms with Crippen molar-refractivity contribution in [3.8, 4) is 0 Å². The second-order valence-corrected chi connectivity index (χ2v) is 13.1. The molecule has 41 heavy (non-hydrogen) atoms. The lowest BCUT2D eigenvalue weighted by atomic mass is 9.42. The van der Waals surface area contributed by atoms with Crippen LogP contribution in [0.2, 0.25) is 0 Å². The zero-order valence-electron chi connectivity index (χ0n) is 25.9. The number of esters is 2. The first-order valence-electron chi connectivity index (χ1n) is 14.4. The van der Waals surface area contributed by atoms with E-state index in [0.29, 0.717) is 17.6 Å². The largest absolute Gasteiger partial charge is 0.456 e. The average molecular weight is 582 g/mol. The monoisotopic (exact) mass is 581 g/mol. The fraction of sp³-hybridized carbons (Fsp3) is 0.833. The van der Waals surface area contributed by atoms with E-state index in [1.807, 2.05) is 27.7 Å². The highest BCUT2D eigenvalue weighted by atomic mass is 16.6. The first-order chi connectivity index (χ1) is 19.0. The van der Waals surface area contributed by atoms with Gasteiger partial charge in [0.1, 0.15) is 18.3 Å². The van der Waals surface area contributed by atoms with Crippen molar-refractivity contribution in [2.75, 3.05) is 27.9 Å². The van der Waals surface area contributed by atoms with Crippen molar-refractivity contribution in [3.05, 3.63) is 11.1 Å². The van der Waals surface area contributed by atoms with Crippen LogP contribution in [0.15, 0.2) is 11.1 Å². The van der Waals surface area contributed by atoms with Gasteiger partial charge in [0.2, 0.25) is 0 Å². The van der Waals surface area contributed by atoms with E-state index in [9.17, 15) is 24.6 Å². The summed E-state index contributed by atoms with van der Waals surface area (Å²) in [7, 11) is 4.61. The Labute approximate surface area is 242 Å². The van der Waals surface area contributed by atoms with Crippen LogP contribution in [-0.4, -0.2) is 104 Å². The molecule has 11 heteroatoms. The van der Waals surface area contributed by atoms with Crippen molar-refractivity contribution in [2.24, 2.45) is 22.7 Å². The molecule has 4 aliphatic rings. The normalized spacial score (nSPS) is 43.0. The van der Waals surface area contributed by atoms with Crippen molar-refractivity contribution in [2.45, 2.75) is 109 Å². The van der Waals surface area contributed by atoms with E-state index < -0.39 is 82.4 Å². The van der Waals surface area contributed by atoms with Gasteiger partial charge >= 0.3 is 11.9 Å². The lowest BCUT2D eigenvalue weighted by Crippen LogP contribution is -2.80. The van der Waals surface area contributed by atoms with Crippen LogP contribution in [0, 0.1) is 22.7 Å². The quantitative estimate of drug-likeness (QED) is 0.295. The van der Waals surface area contributed by atoms with E-state index in [1.165, 1.54) is 14.0 Å². The zero-order chi connectivity index (χ0) is 30.9. The number of Topliss-reactive ketones (excluding diaryl/α,β-unsaturated/α-hetero) is 1. The van der Waals surface area contributed by atoms with Crippen LogP contribution in [0.3, 0.4) is 0 Å². The Kier molecular flexibility index (Phi) is 8.34. The van der Waals surface area contributed by atoms with Gasteiger partial charge in [-0.05, 0) is 44.9 Å². The van der Waals surface area contributed by atoms with E-state index >= 15 is 0 Å². The summed E-state index contributed by atoms with van der Waals surface area (Å²) < 4.78 is 29.7. The molecule has 0 aromatic heterocycles. The molecule has 0 aromatic rings. The summed E-state index contributed by atoms with van der Waals surface area (Å²) in [5.41, 5.74) is -3.88. The molecule has 1 aliphatic heterocycles. The van der Waals surface area contributed by atoms with Gasteiger partial charge < -0.3 is 39.2 Å². The third-order valence-electron chi connectivity index (χ3n) is 11.1. The fourth-order valence-corrected chi connectivity index (χ4v) is 8.59. The van der Waals surface area contributed by atoms with Gasteiger partial charge in [-0.3, -0.25) is 9.59 Å². The van der Waals surface area contributed by atoms with Crippen LogP contribution in [-0.2, 0) is 38.1 Å². The molecule has 3 fully saturated rings. The van der Waals surface area contributed by atoms with Crippen LogP contribution in [0.25, 0.3) is 0 Å². The molecular formula is C30H47NO10. The first-order valence-corrected chi connectivity index (χ1v) is 14.4. The van der Waals surface area contributed by atoms with Crippen LogP contribution >= 0.6 is 0 Å². The van der Waals surface area contributed by atoms with Crippen molar-refractivity contribution >= 4 is 17.7 Å². The smallest absolute Gasteiger partial charge is 0.337 e. The van der Waals surface area contributed by atoms with Crippen molar-refractivity contribution in [1.82, 2.24) is 5.32 Å². The number of hydrogen-bond acceptors (Lipinski definition) is 11. The van der Waals surface area contributed by atoms with Gasteiger partial charge in [-0.25, -0.2) is 4.79 Å². The molecule has 3 aliphatic carbocycles. The van der Waals surface area contributed by atoms with Crippen LogP contribution in [0.4, 0.5) is 0 Å². The summed E-state index contributed by atoms with van der Waals surface area (Å²) in [5.74, 6) is -3.00. The number of ketones is 1. The average Bonchev–Trinajstić information content (AvgIpc) is 2.90. The lowest BCUT2D eigenvalue weighted by molar-refractivity contribution is -0.340. The molecule has 0 aromatic carbocycles. The molecule has 9 unspecified atom stereocenters. The van der Waals surface area contributed by atoms with Gasteiger partial charge in [0.15, 0.2) is 17.5 Å². The number of aliphatic hydroxyl groups is 2. The molecule has 0 spiro atoms. The molecule has 2 saturated carbocycles. The van der Waals surface area contributed by atoms with Gasteiger partial charge in [0.25, 0.3) is 0 Å². The molecule has 3 N–H and O–H groups in total. The third kappa shape index (κ3) is 4.33. The fourth-order valence-electron chi connectivity index (χ4n) is 8.59. The lowest BCUT2D eigenvalue weighted by Gasteiger charge is -2.68. The number of nitrogens with one attached hydrogen (secondary N) is 1. The minimum atomic E-state index is -1.57. The Morgan fingerprint density at radius 1 is 1.17 bits per heavy atom. The topological polar surface area (TPSA) is 150 Å². The third-order valence-corrected chi connectivity index (χ3v) is 11.1. The highest BCUT2D eigenvalue weighted by molar-refractivity contribution is 5.93. The van der Waals surface area contributed by atoms with E-state index in [4.69, 9.17) is 23.7 Å². The number of carbonyl (C=O) groups excluding carboxylic acids is 3. The number of aliphatic hydroxyl groups excluding tert-OH is 1. The summed E-state index contributed by atoms with van der Waals surface area (Å²) in [4.78, 5) is 40.4. The number of carbonyl (C=O) groups is 3. The van der Waals surface area contributed by atoms with Crippen LogP contribution in [0.1, 0.15) is 61.3 Å². The van der Waals surface area contributed by atoms with E-state index in [2.05, 4.69) is 5.32 Å². The number of likely N-dealkylation sites (N-methyl/N-ethyl adjacent to an activating group) is 1. The Hall–Kier alpha value is -1.89. The summed E-state index contributed by atoms with van der Waals surface area (Å²) in [5, 5.41) is 26.3. The van der Waals surface area contributed by atoms with E-state index in [1.54, 1.807) is 28.0 Å². The van der Waals surface area contributed by atoms with E-state index in [-0.39, 0.29) is 18.8 Å². The molecule has 0 amide bonds. The highest BCUT2D eigenvalue weighted by Crippen LogP contribution is 2.65. The van der Waals surface area contributed by atoms with Gasteiger partial charge in [-0.15, -0.1) is 0 Å². The van der Waals surface area contributed by atoms with E-state index in [0.717, 1.165) is 0 Å². The summed E-state index contributed by atoms with van der Waals surface area (Å²) in [6, 6.07) is -0.565. The standard InChI is InChI=1S/C30H47NO10/c1-14-18(40-26(35)22(33)16(3)31-8)12-30(36)15(2)24-28(7,25(34)23(38-10)21(14)27(30,5)6)19(37-9)11-20-29(24,13-39-20)41-17(4)32/h15-16,18-20,22-24,31,33,36H,11-13H2,1-10H3/t15-,16?,18?,19?,20?,22?,23?,24?,28+,29?,30?/m0/s1. The SMILES string of the molecule is CNC(C)C(O)C(=O)OC1CC2(O)[C@@H](C)C3C4(OC(C)=O)COC4CC(OC)[C@@]3(C)C(=O)C(OC)C(=C1C)C2(C)C. The maximum Gasteiger partial charge on any atom is 0.337 e. The summed E-state index contributed by atoms with van der Waals surface area (Å²) in [6.07, 6.45) is -4.28. The summed E-state index contributed by atoms with van der Waals surface area (Å²) in [6.45, 7) is 12.2. The minimum absolute atomic E-state index is 0.000572. The Morgan fingerprint density at radius 3 is 2.29 bits per heavy atom. The maximum absolute atomic E-state index is 14.8. The molecule has 1 heterocycles. The number of rotatable bonds is 7. The molecule has 11 nitrogen and oxygen atoms in total. The molecule has 2 bridgehead atoms. The Morgan fingerprint density at radius 2 is 1.80 bits per heavy atom. The first kappa shape index (κ1) is 32.0. The Balaban J connectivity index is 1.96. The predicted molar refractivity (Wildman–Crippen MR) is 147 cm³/mol. The second kappa shape index (κ2) is 10.7. The minimum Gasteiger partial charge on any atom is -0.456 e. The van der Waals surface area contributed by atoms with Gasteiger partial charge in [0.05, 0.1) is 23.7 Å². The van der Waals surface area contributed by atoms with Crippen LogP contribution in [0.5, 0.6) is 0 Å². The number of fused-ring (bicyclic) bond motifs is 5. The number of hydrogen-bond donors (Lipinski definition) is 3. The van der Waals surface area contributed by atoms with Gasteiger partial charge in [-0.1, -0.05) is 20.8 Å². The number of ether oxygens (including phenoxy) is 5. The molecule has 232 valence electrons. The van der Waals surface area contributed by atoms with Crippen LogP contribution < -0.4 is 5.32 Å². The van der Waals surface area contributed by atoms with Gasteiger partial charge in [0, 0.05) is 51.4 Å². The molecule has 4 rings (SSSR count). The molecule has 1 saturated heterocycles. The highest BCUT2D eigenvalue weighted by Gasteiger charge is 2.76. The van der Waals surface area contributed by atoms with Gasteiger partial charge in [-0.2, -0.15) is 0 Å². The zero-order valence-corrected chi connectivity index (χ0v) is 25.9. The molecule has 0 radical (unpaired) electrons. The maximum atomic E-state index is 14.8.